The molecule has 4 rings (SSSR count). The molecule has 34 heavy (non-hydrogen) atoms. The second-order valence-electron chi connectivity index (χ2n) is 7.49. The van der Waals surface area contributed by atoms with Crippen molar-refractivity contribution in [2.45, 2.75) is 19.9 Å². The molecule has 0 bridgehead atoms. The number of nitrogens with zero attached hydrogens (tertiary/aromatic N) is 2. The fourth-order valence-electron chi connectivity index (χ4n) is 3.77. The lowest BCUT2D eigenvalue weighted by Gasteiger charge is -2.24. The summed E-state index contributed by atoms with van der Waals surface area (Å²) < 4.78 is 26.5. The minimum absolute atomic E-state index is 0.178. The molecule has 0 aliphatic carbocycles. The van der Waals surface area contributed by atoms with Crippen LogP contribution in [0.5, 0.6) is 5.75 Å². The van der Waals surface area contributed by atoms with E-state index in [-0.39, 0.29) is 17.7 Å². The highest BCUT2D eigenvalue weighted by molar-refractivity contribution is 7.07. The summed E-state index contributed by atoms with van der Waals surface area (Å²) in [5, 5.41) is 0. The Morgan fingerprint density at radius 2 is 1.97 bits per heavy atom. The fraction of sp³-hybridized carbons (Fsp3) is 0.192. The van der Waals surface area contributed by atoms with E-state index in [2.05, 4.69) is 11.6 Å². The second-order valence-corrected chi connectivity index (χ2v) is 8.50. The summed E-state index contributed by atoms with van der Waals surface area (Å²) in [6.45, 7) is 7.59. The zero-order valence-corrected chi connectivity index (χ0v) is 19.6. The van der Waals surface area contributed by atoms with Gasteiger partial charge >= 0.3 is 5.97 Å². The van der Waals surface area contributed by atoms with Crippen molar-refractivity contribution in [3.8, 4) is 5.75 Å². The number of allylic oxidation sites excluding steroid dienone is 1. The van der Waals surface area contributed by atoms with E-state index in [1.165, 1.54) is 28.0 Å². The molecule has 0 radical (unpaired) electrons. The second kappa shape index (κ2) is 10.0. The molecule has 1 atom stereocenters. The molecule has 0 fully saturated rings. The Kier molecular flexibility index (Phi) is 6.88. The number of halogens is 1. The van der Waals surface area contributed by atoms with E-state index < -0.39 is 17.8 Å². The van der Waals surface area contributed by atoms with Crippen LogP contribution in [0.15, 0.2) is 82.2 Å². The van der Waals surface area contributed by atoms with Gasteiger partial charge < -0.3 is 9.47 Å². The van der Waals surface area contributed by atoms with Gasteiger partial charge in [0.05, 0.1) is 28.5 Å². The molecule has 3 aromatic rings. The topological polar surface area (TPSA) is 69.9 Å². The van der Waals surface area contributed by atoms with Crippen LogP contribution >= 0.6 is 11.3 Å². The van der Waals surface area contributed by atoms with Crippen LogP contribution < -0.4 is 19.6 Å². The number of thiazole rings is 1. The number of esters is 1. The SMILES string of the molecule is C=CCOc1ccccc1/C=c1/sc2n(c1=O)[C@H](c1ccc(F)cc1)C(C(=O)OCC)=C(C)N=2. The van der Waals surface area contributed by atoms with Gasteiger partial charge in [0.15, 0.2) is 4.80 Å². The Bertz CT molecular complexity index is 1450. The Hall–Kier alpha value is -3.78. The predicted octanol–water partition coefficient (Wildman–Crippen LogP) is 3.50. The van der Waals surface area contributed by atoms with E-state index in [4.69, 9.17) is 9.47 Å². The van der Waals surface area contributed by atoms with Gasteiger partial charge in [-0.1, -0.05) is 54.3 Å². The van der Waals surface area contributed by atoms with E-state index in [9.17, 15) is 14.0 Å². The third kappa shape index (κ3) is 4.49. The third-order valence-electron chi connectivity index (χ3n) is 5.27. The molecule has 2 aromatic carbocycles. The van der Waals surface area contributed by atoms with Gasteiger partial charge in [-0.15, -0.1) is 0 Å². The van der Waals surface area contributed by atoms with Crippen LogP contribution in [0.3, 0.4) is 0 Å². The van der Waals surface area contributed by atoms with Crippen LogP contribution in [-0.4, -0.2) is 23.8 Å². The molecule has 2 heterocycles. The molecule has 0 saturated carbocycles. The van der Waals surface area contributed by atoms with Gasteiger partial charge in [-0.25, -0.2) is 14.2 Å². The molecular formula is C26H23FN2O4S. The lowest BCUT2D eigenvalue weighted by Crippen LogP contribution is -2.39. The first-order chi connectivity index (χ1) is 16.4. The van der Waals surface area contributed by atoms with Crippen molar-refractivity contribution in [2.75, 3.05) is 13.2 Å². The summed E-state index contributed by atoms with van der Waals surface area (Å²) in [5.74, 6) is -0.354. The van der Waals surface area contributed by atoms with Crippen molar-refractivity contribution in [3.05, 3.63) is 109 Å². The number of fused-ring (bicyclic) bond motifs is 1. The van der Waals surface area contributed by atoms with Gasteiger partial charge in [0.2, 0.25) is 0 Å². The molecule has 0 amide bonds. The van der Waals surface area contributed by atoms with Gasteiger partial charge in [0.25, 0.3) is 5.56 Å². The molecule has 0 N–H and O–H groups in total. The molecular weight excluding hydrogens is 455 g/mol. The molecule has 1 aromatic heterocycles. The Morgan fingerprint density at radius 3 is 2.68 bits per heavy atom. The average Bonchev–Trinajstić information content (AvgIpc) is 3.12. The Balaban J connectivity index is 1.92. The maximum absolute atomic E-state index is 13.6. The number of hydrogen-bond donors (Lipinski definition) is 0. The summed E-state index contributed by atoms with van der Waals surface area (Å²) in [4.78, 5) is 31.5. The highest BCUT2D eigenvalue weighted by atomic mass is 32.1. The van der Waals surface area contributed by atoms with E-state index >= 15 is 0 Å². The smallest absolute Gasteiger partial charge is 0.338 e. The van der Waals surface area contributed by atoms with E-state index in [1.807, 2.05) is 24.3 Å². The number of carbonyl (C=O) groups is 1. The normalized spacial score (nSPS) is 15.5. The van der Waals surface area contributed by atoms with E-state index in [1.54, 1.807) is 38.1 Å². The zero-order chi connectivity index (χ0) is 24.2. The van der Waals surface area contributed by atoms with Crippen molar-refractivity contribution in [1.29, 1.82) is 0 Å². The summed E-state index contributed by atoms with van der Waals surface area (Å²) >= 11 is 1.21. The first-order valence-electron chi connectivity index (χ1n) is 10.7. The standard InChI is InChI=1S/C26H23FN2O4S/c1-4-14-33-20-9-7-6-8-18(20)15-21-24(30)29-23(17-10-12-19(27)13-11-17)22(25(31)32-5-2)16(3)28-26(29)34-21/h4,6-13,15,23H,1,5,14H2,2-3H3/b21-15+/t23-/m1/s1. The lowest BCUT2D eigenvalue weighted by atomic mass is 9.96. The van der Waals surface area contributed by atoms with Gasteiger partial charge in [0, 0.05) is 5.56 Å². The molecule has 8 heteroatoms. The van der Waals surface area contributed by atoms with Crippen LogP contribution in [0.4, 0.5) is 4.39 Å². The van der Waals surface area contributed by atoms with Crippen molar-refractivity contribution in [2.24, 2.45) is 4.99 Å². The molecule has 1 aliphatic heterocycles. The number of ether oxygens (including phenoxy) is 2. The summed E-state index contributed by atoms with van der Waals surface area (Å²) in [6, 6.07) is 12.3. The summed E-state index contributed by atoms with van der Waals surface area (Å²) in [6.07, 6.45) is 3.39. The van der Waals surface area contributed by atoms with Crippen molar-refractivity contribution < 1.29 is 18.7 Å². The zero-order valence-electron chi connectivity index (χ0n) is 18.8. The van der Waals surface area contributed by atoms with Crippen LogP contribution in [0.1, 0.15) is 31.0 Å². The monoisotopic (exact) mass is 478 g/mol. The maximum Gasteiger partial charge on any atom is 0.338 e. The Labute approximate surface area is 199 Å². The number of para-hydroxylation sites is 1. The minimum atomic E-state index is -0.787. The first kappa shape index (κ1) is 23.4. The highest BCUT2D eigenvalue weighted by Gasteiger charge is 2.33. The predicted molar refractivity (Wildman–Crippen MR) is 129 cm³/mol. The van der Waals surface area contributed by atoms with Gasteiger partial charge in [0.1, 0.15) is 18.2 Å². The summed E-state index contributed by atoms with van der Waals surface area (Å²) in [5.41, 5.74) is 1.71. The Morgan fingerprint density at radius 1 is 1.24 bits per heavy atom. The maximum atomic E-state index is 13.6. The average molecular weight is 479 g/mol. The van der Waals surface area contributed by atoms with Gasteiger partial charge in [-0.3, -0.25) is 9.36 Å². The first-order valence-corrected chi connectivity index (χ1v) is 11.5. The van der Waals surface area contributed by atoms with Gasteiger partial charge in [-0.05, 0) is 43.7 Å². The van der Waals surface area contributed by atoms with Gasteiger partial charge in [-0.2, -0.15) is 0 Å². The number of hydrogen-bond acceptors (Lipinski definition) is 6. The number of benzene rings is 2. The van der Waals surface area contributed by atoms with E-state index in [0.29, 0.717) is 33.0 Å². The number of carbonyl (C=O) groups excluding carboxylic acids is 1. The molecule has 1 aliphatic rings. The van der Waals surface area contributed by atoms with Crippen molar-refractivity contribution >= 4 is 23.4 Å². The number of rotatable bonds is 7. The number of aromatic nitrogens is 1. The molecule has 0 spiro atoms. The van der Waals surface area contributed by atoms with Crippen LogP contribution in [0, 0.1) is 5.82 Å². The molecule has 174 valence electrons. The fourth-order valence-corrected chi connectivity index (χ4v) is 4.81. The van der Waals surface area contributed by atoms with Crippen molar-refractivity contribution in [3.63, 3.8) is 0 Å². The third-order valence-corrected chi connectivity index (χ3v) is 6.25. The van der Waals surface area contributed by atoms with Crippen LogP contribution in [0.2, 0.25) is 0 Å². The van der Waals surface area contributed by atoms with Crippen LogP contribution in [-0.2, 0) is 9.53 Å². The quantitative estimate of drug-likeness (QED) is 0.385. The summed E-state index contributed by atoms with van der Waals surface area (Å²) in [7, 11) is 0. The molecule has 0 saturated heterocycles. The highest BCUT2D eigenvalue weighted by Crippen LogP contribution is 2.30. The largest absolute Gasteiger partial charge is 0.489 e. The minimum Gasteiger partial charge on any atom is -0.489 e. The van der Waals surface area contributed by atoms with Crippen LogP contribution in [0.25, 0.3) is 6.08 Å². The molecule has 0 unspecified atom stereocenters. The van der Waals surface area contributed by atoms with Crippen molar-refractivity contribution in [1.82, 2.24) is 4.57 Å². The molecule has 6 nitrogen and oxygen atoms in total. The lowest BCUT2D eigenvalue weighted by molar-refractivity contribution is -0.139. The van der Waals surface area contributed by atoms with E-state index in [0.717, 1.165) is 5.56 Å².